The zero-order chi connectivity index (χ0) is 13.1. The highest BCUT2D eigenvalue weighted by molar-refractivity contribution is 6.36. The third kappa shape index (κ3) is 2.71. The van der Waals surface area contributed by atoms with Gasteiger partial charge in [0, 0.05) is 11.6 Å². The van der Waals surface area contributed by atoms with Crippen molar-refractivity contribution >= 4 is 23.2 Å². The standard InChI is InChI=1S/C14H12Cl2O2/c1-2-18-10-5-3-9(4-6-10)11-7-13(16)14(17)8-12(11)15/h3-8,17H,2H2,1H3. The van der Waals surface area contributed by atoms with Gasteiger partial charge in [-0.3, -0.25) is 0 Å². The van der Waals surface area contributed by atoms with Crippen molar-refractivity contribution in [2.24, 2.45) is 0 Å². The van der Waals surface area contributed by atoms with Gasteiger partial charge in [0.25, 0.3) is 0 Å². The number of hydrogen-bond acceptors (Lipinski definition) is 2. The van der Waals surface area contributed by atoms with Gasteiger partial charge in [-0.05, 0) is 30.7 Å². The van der Waals surface area contributed by atoms with Gasteiger partial charge in [-0.15, -0.1) is 0 Å². The molecule has 0 atom stereocenters. The van der Waals surface area contributed by atoms with Gasteiger partial charge in [-0.1, -0.05) is 35.3 Å². The van der Waals surface area contributed by atoms with Crippen LogP contribution in [0.2, 0.25) is 10.0 Å². The average molecular weight is 283 g/mol. The van der Waals surface area contributed by atoms with Crippen LogP contribution >= 0.6 is 23.2 Å². The molecule has 0 saturated heterocycles. The van der Waals surface area contributed by atoms with Crippen LogP contribution in [0.5, 0.6) is 11.5 Å². The Morgan fingerprint density at radius 3 is 2.33 bits per heavy atom. The molecule has 0 radical (unpaired) electrons. The fraction of sp³-hybridized carbons (Fsp3) is 0.143. The summed E-state index contributed by atoms with van der Waals surface area (Å²) in [6.45, 7) is 2.57. The van der Waals surface area contributed by atoms with Crippen LogP contribution in [0.25, 0.3) is 11.1 Å². The van der Waals surface area contributed by atoms with Crippen LogP contribution in [0.15, 0.2) is 36.4 Å². The molecule has 0 aromatic heterocycles. The van der Waals surface area contributed by atoms with Crippen LogP contribution < -0.4 is 4.74 Å². The van der Waals surface area contributed by atoms with E-state index in [4.69, 9.17) is 27.9 Å². The average Bonchev–Trinajstić information content (AvgIpc) is 2.35. The van der Waals surface area contributed by atoms with E-state index < -0.39 is 0 Å². The normalized spacial score (nSPS) is 10.4. The third-order valence-electron chi connectivity index (χ3n) is 2.51. The first kappa shape index (κ1) is 13.1. The minimum absolute atomic E-state index is 0.0173. The first-order chi connectivity index (χ1) is 8.61. The molecule has 0 fully saturated rings. The molecule has 0 bridgehead atoms. The second-order valence-corrected chi connectivity index (χ2v) is 4.56. The molecule has 2 nitrogen and oxygen atoms in total. The maximum absolute atomic E-state index is 9.45. The summed E-state index contributed by atoms with van der Waals surface area (Å²) in [7, 11) is 0. The Morgan fingerprint density at radius 2 is 1.72 bits per heavy atom. The molecule has 0 aliphatic rings. The molecule has 0 heterocycles. The Hall–Kier alpha value is -1.38. The number of benzene rings is 2. The fourth-order valence-corrected chi connectivity index (χ4v) is 2.09. The van der Waals surface area contributed by atoms with Crippen molar-refractivity contribution in [2.75, 3.05) is 6.61 Å². The lowest BCUT2D eigenvalue weighted by molar-refractivity contribution is 0.340. The largest absolute Gasteiger partial charge is 0.506 e. The van der Waals surface area contributed by atoms with Crippen molar-refractivity contribution in [1.29, 1.82) is 0 Å². The lowest BCUT2D eigenvalue weighted by Gasteiger charge is -2.08. The number of aromatic hydroxyl groups is 1. The number of halogens is 2. The molecular formula is C14H12Cl2O2. The van der Waals surface area contributed by atoms with Gasteiger partial charge < -0.3 is 9.84 Å². The van der Waals surface area contributed by atoms with E-state index in [2.05, 4.69) is 0 Å². The minimum Gasteiger partial charge on any atom is -0.506 e. The maximum atomic E-state index is 9.45. The van der Waals surface area contributed by atoms with Gasteiger partial charge in [-0.25, -0.2) is 0 Å². The summed E-state index contributed by atoms with van der Waals surface area (Å²) in [4.78, 5) is 0. The Morgan fingerprint density at radius 1 is 1.06 bits per heavy atom. The van der Waals surface area contributed by atoms with Crippen LogP contribution in [0, 0.1) is 0 Å². The molecule has 0 saturated carbocycles. The van der Waals surface area contributed by atoms with Crippen molar-refractivity contribution in [3.05, 3.63) is 46.4 Å². The summed E-state index contributed by atoms with van der Waals surface area (Å²) >= 11 is 12.0. The van der Waals surface area contributed by atoms with Gasteiger partial charge in [0.05, 0.1) is 16.7 Å². The van der Waals surface area contributed by atoms with Gasteiger partial charge in [0.15, 0.2) is 0 Å². The summed E-state index contributed by atoms with van der Waals surface area (Å²) in [5.41, 5.74) is 1.70. The minimum atomic E-state index is -0.0173. The molecule has 0 aliphatic carbocycles. The van der Waals surface area contributed by atoms with Crippen molar-refractivity contribution in [1.82, 2.24) is 0 Å². The molecule has 0 aliphatic heterocycles. The van der Waals surface area contributed by atoms with Crippen LogP contribution in [-0.2, 0) is 0 Å². The van der Waals surface area contributed by atoms with Crippen LogP contribution in [0.3, 0.4) is 0 Å². The highest BCUT2D eigenvalue weighted by Gasteiger charge is 2.08. The topological polar surface area (TPSA) is 29.5 Å². The molecule has 1 N–H and O–H groups in total. The Balaban J connectivity index is 2.39. The van der Waals surface area contributed by atoms with Gasteiger partial charge in [0.1, 0.15) is 11.5 Å². The highest BCUT2D eigenvalue weighted by atomic mass is 35.5. The molecule has 0 spiro atoms. The SMILES string of the molecule is CCOc1ccc(-c2cc(Cl)c(O)cc2Cl)cc1. The summed E-state index contributed by atoms with van der Waals surface area (Å²) in [6.07, 6.45) is 0. The predicted octanol–water partition coefficient (Wildman–Crippen LogP) is 4.76. The fourth-order valence-electron chi connectivity index (χ4n) is 1.65. The Kier molecular flexibility index (Phi) is 4.00. The van der Waals surface area contributed by atoms with E-state index in [0.717, 1.165) is 16.9 Å². The molecule has 0 unspecified atom stereocenters. The van der Waals surface area contributed by atoms with E-state index in [9.17, 15) is 5.11 Å². The first-order valence-electron chi connectivity index (χ1n) is 5.53. The maximum Gasteiger partial charge on any atom is 0.135 e. The van der Waals surface area contributed by atoms with Crippen molar-refractivity contribution < 1.29 is 9.84 Å². The van der Waals surface area contributed by atoms with Gasteiger partial charge >= 0.3 is 0 Å². The molecule has 4 heteroatoms. The lowest BCUT2D eigenvalue weighted by atomic mass is 10.1. The molecule has 2 rings (SSSR count). The second-order valence-electron chi connectivity index (χ2n) is 3.74. The van der Waals surface area contributed by atoms with Gasteiger partial charge in [-0.2, -0.15) is 0 Å². The zero-order valence-corrected chi connectivity index (χ0v) is 11.3. The van der Waals surface area contributed by atoms with Crippen molar-refractivity contribution in [3.8, 4) is 22.6 Å². The Labute approximate surface area is 116 Å². The quantitative estimate of drug-likeness (QED) is 0.879. The molecular weight excluding hydrogens is 271 g/mol. The number of hydrogen-bond donors (Lipinski definition) is 1. The van der Waals surface area contributed by atoms with Crippen molar-refractivity contribution in [3.63, 3.8) is 0 Å². The smallest absolute Gasteiger partial charge is 0.135 e. The number of phenols is 1. The first-order valence-corrected chi connectivity index (χ1v) is 6.28. The van der Waals surface area contributed by atoms with Crippen LogP contribution in [-0.4, -0.2) is 11.7 Å². The van der Waals surface area contributed by atoms with E-state index in [1.54, 1.807) is 6.07 Å². The van der Waals surface area contributed by atoms with Crippen molar-refractivity contribution in [2.45, 2.75) is 6.92 Å². The van der Waals surface area contributed by atoms with E-state index in [-0.39, 0.29) is 10.8 Å². The van der Waals surface area contributed by atoms with Gasteiger partial charge in [0.2, 0.25) is 0 Å². The molecule has 94 valence electrons. The molecule has 2 aromatic rings. The van der Waals surface area contributed by atoms with E-state index in [1.165, 1.54) is 6.07 Å². The summed E-state index contributed by atoms with van der Waals surface area (Å²) in [6, 6.07) is 10.6. The van der Waals surface area contributed by atoms with E-state index in [1.807, 2.05) is 31.2 Å². The number of ether oxygens (including phenoxy) is 1. The predicted molar refractivity (Wildman–Crippen MR) is 74.7 cm³/mol. The summed E-state index contributed by atoms with van der Waals surface area (Å²) < 4.78 is 5.37. The third-order valence-corrected chi connectivity index (χ3v) is 3.13. The van der Waals surface area contributed by atoms with Crippen LogP contribution in [0.4, 0.5) is 0 Å². The molecule has 0 amide bonds. The lowest BCUT2D eigenvalue weighted by Crippen LogP contribution is -1.90. The monoisotopic (exact) mass is 282 g/mol. The number of phenolic OH excluding ortho intramolecular Hbond substituents is 1. The van der Waals surface area contributed by atoms with E-state index >= 15 is 0 Å². The summed E-state index contributed by atoms with van der Waals surface area (Å²) in [5, 5.41) is 10.2. The molecule has 2 aromatic carbocycles. The van der Waals surface area contributed by atoms with Crippen LogP contribution in [0.1, 0.15) is 6.92 Å². The summed E-state index contributed by atoms with van der Waals surface area (Å²) in [5.74, 6) is 0.790. The second kappa shape index (κ2) is 5.51. The van der Waals surface area contributed by atoms with E-state index in [0.29, 0.717) is 11.6 Å². The Bertz CT molecular complexity index is 550. The molecule has 18 heavy (non-hydrogen) atoms. The number of rotatable bonds is 3. The highest BCUT2D eigenvalue weighted by Crippen LogP contribution is 2.36. The zero-order valence-electron chi connectivity index (χ0n) is 9.78.